The molecule has 1 N–H and O–H groups in total. The second-order valence-corrected chi connectivity index (χ2v) is 3.71. The van der Waals surface area contributed by atoms with Gasteiger partial charge in [-0.05, 0) is 24.1 Å². The molecule has 1 fully saturated rings. The number of ether oxygens (including phenoxy) is 1. The van der Waals surface area contributed by atoms with Crippen LogP contribution in [0.4, 0.5) is 4.79 Å². The minimum absolute atomic E-state index is 0. The van der Waals surface area contributed by atoms with E-state index in [9.17, 15) is 4.79 Å². The fraction of sp³-hybridized carbons (Fsp3) is 0.300. The predicted molar refractivity (Wildman–Crippen MR) is 60.7 cm³/mol. The molecular formula is C10H11Cl2NO2. The van der Waals surface area contributed by atoms with Crippen molar-refractivity contribution in [1.82, 2.24) is 5.32 Å². The SMILES string of the molecule is Cc1ccc([C@@H]2COC(=O)N2)cc1Cl.Cl. The van der Waals surface area contributed by atoms with Gasteiger partial charge in [0.15, 0.2) is 0 Å². The number of carbonyl (C=O) groups is 1. The molecule has 5 heteroatoms. The van der Waals surface area contributed by atoms with Gasteiger partial charge in [0.1, 0.15) is 6.61 Å². The minimum Gasteiger partial charge on any atom is -0.447 e. The predicted octanol–water partition coefficient (Wildman–Crippen LogP) is 2.85. The highest BCUT2D eigenvalue weighted by atomic mass is 35.5. The lowest BCUT2D eigenvalue weighted by Crippen LogP contribution is -2.18. The van der Waals surface area contributed by atoms with Crippen molar-refractivity contribution in [2.75, 3.05) is 6.61 Å². The van der Waals surface area contributed by atoms with Crippen LogP contribution in [0.25, 0.3) is 0 Å². The van der Waals surface area contributed by atoms with Crippen LogP contribution < -0.4 is 5.32 Å². The van der Waals surface area contributed by atoms with Crippen LogP contribution in [0.2, 0.25) is 5.02 Å². The zero-order chi connectivity index (χ0) is 10.1. The van der Waals surface area contributed by atoms with Crippen LogP contribution >= 0.6 is 24.0 Å². The smallest absolute Gasteiger partial charge is 0.407 e. The highest BCUT2D eigenvalue weighted by Crippen LogP contribution is 2.23. The van der Waals surface area contributed by atoms with Gasteiger partial charge < -0.3 is 10.1 Å². The van der Waals surface area contributed by atoms with E-state index >= 15 is 0 Å². The summed E-state index contributed by atoms with van der Waals surface area (Å²) in [6, 6.07) is 5.67. The molecule has 1 aromatic carbocycles. The lowest BCUT2D eigenvalue weighted by Gasteiger charge is -2.08. The van der Waals surface area contributed by atoms with E-state index in [2.05, 4.69) is 5.32 Å². The molecule has 1 aliphatic rings. The first-order valence-corrected chi connectivity index (χ1v) is 4.74. The monoisotopic (exact) mass is 247 g/mol. The standard InChI is InChI=1S/C10H10ClNO2.ClH/c1-6-2-3-7(4-8(6)11)9-5-14-10(13)12-9;/h2-4,9H,5H2,1H3,(H,12,13);1H/t9-;/m0./s1. The number of hydrogen-bond donors (Lipinski definition) is 1. The van der Waals surface area contributed by atoms with Gasteiger partial charge in [-0.2, -0.15) is 0 Å². The van der Waals surface area contributed by atoms with Gasteiger partial charge in [-0.25, -0.2) is 4.79 Å². The van der Waals surface area contributed by atoms with E-state index in [0.29, 0.717) is 11.6 Å². The summed E-state index contributed by atoms with van der Waals surface area (Å²) >= 11 is 5.98. The Balaban J connectivity index is 0.00000112. The van der Waals surface area contributed by atoms with Crippen molar-refractivity contribution in [3.63, 3.8) is 0 Å². The number of aryl methyl sites for hydroxylation is 1. The zero-order valence-electron chi connectivity index (χ0n) is 8.12. The van der Waals surface area contributed by atoms with Crippen molar-refractivity contribution in [1.29, 1.82) is 0 Å². The molecule has 0 unspecified atom stereocenters. The van der Waals surface area contributed by atoms with Crippen molar-refractivity contribution in [2.45, 2.75) is 13.0 Å². The van der Waals surface area contributed by atoms with Gasteiger partial charge in [0.2, 0.25) is 0 Å². The van der Waals surface area contributed by atoms with Gasteiger partial charge in [-0.1, -0.05) is 23.7 Å². The number of hydrogen-bond acceptors (Lipinski definition) is 2. The molecule has 1 aromatic rings. The Morgan fingerprint density at radius 1 is 1.53 bits per heavy atom. The average Bonchev–Trinajstić information content (AvgIpc) is 2.57. The Bertz CT molecular complexity index is 382. The summed E-state index contributed by atoms with van der Waals surface area (Å²) < 4.78 is 4.80. The largest absolute Gasteiger partial charge is 0.447 e. The number of benzene rings is 1. The summed E-state index contributed by atoms with van der Waals surface area (Å²) in [4.78, 5) is 10.8. The Morgan fingerprint density at radius 3 is 2.80 bits per heavy atom. The third-order valence-electron chi connectivity index (χ3n) is 2.27. The topological polar surface area (TPSA) is 38.3 Å². The third-order valence-corrected chi connectivity index (χ3v) is 2.68. The Kier molecular flexibility index (Phi) is 3.83. The maximum Gasteiger partial charge on any atom is 0.407 e. The van der Waals surface area contributed by atoms with Crippen LogP contribution in [0.5, 0.6) is 0 Å². The lowest BCUT2D eigenvalue weighted by molar-refractivity contribution is 0.177. The number of alkyl carbamates (subject to hydrolysis) is 1. The zero-order valence-corrected chi connectivity index (χ0v) is 9.69. The highest BCUT2D eigenvalue weighted by Gasteiger charge is 2.23. The lowest BCUT2D eigenvalue weighted by atomic mass is 10.1. The van der Waals surface area contributed by atoms with Gasteiger partial charge in [-0.3, -0.25) is 0 Å². The van der Waals surface area contributed by atoms with Crippen molar-refractivity contribution >= 4 is 30.1 Å². The number of cyclic esters (lactones) is 1. The van der Waals surface area contributed by atoms with Crippen molar-refractivity contribution in [3.05, 3.63) is 34.3 Å². The van der Waals surface area contributed by atoms with Crippen molar-refractivity contribution in [2.24, 2.45) is 0 Å². The number of halogens is 2. The number of rotatable bonds is 1. The summed E-state index contributed by atoms with van der Waals surface area (Å²) in [7, 11) is 0. The molecule has 2 rings (SSSR count). The van der Waals surface area contributed by atoms with Gasteiger partial charge >= 0.3 is 6.09 Å². The summed E-state index contributed by atoms with van der Waals surface area (Å²) in [5, 5.41) is 3.41. The van der Waals surface area contributed by atoms with Crippen molar-refractivity contribution in [3.8, 4) is 0 Å². The quantitative estimate of drug-likeness (QED) is 0.829. The number of nitrogens with one attached hydrogen (secondary N) is 1. The maximum absolute atomic E-state index is 10.8. The second kappa shape index (κ2) is 4.73. The van der Waals surface area contributed by atoms with Gasteiger partial charge in [0.05, 0.1) is 6.04 Å². The Hall–Kier alpha value is -0.930. The third kappa shape index (κ3) is 2.55. The Morgan fingerprint density at radius 2 is 2.27 bits per heavy atom. The molecule has 0 radical (unpaired) electrons. The fourth-order valence-corrected chi connectivity index (χ4v) is 1.58. The van der Waals surface area contributed by atoms with E-state index in [1.807, 2.05) is 25.1 Å². The maximum atomic E-state index is 10.8. The minimum atomic E-state index is -0.369. The first kappa shape index (κ1) is 12.1. The molecule has 1 atom stereocenters. The van der Waals surface area contributed by atoms with Crippen LogP contribution in [0.15, 0.2) is 18.2 Å². The van der Waals surface area contributed by atoms with E-state index in [4.69, 9.17) is 16.3 Å². The summed E-state index contributed by atoms with van der Waals surface area (Å²) in [5.41, 5.74) is 2.01. The molecule has 0 spiro atoms. The molecule has 1 heterocycles. The fourth-order valence-electron chi connectivity index (χ4n) is 1.39. The van der Waals surface area contributed by atoms with E-state index in [0.717, 1.165) is 11.1 Å². The van der Waals surface area contributed by atoms with E-state index in [1.54, 1.807) is 0 Å². The molecule has 0 saturated carbocycles. The average molecular weight is 248 g/mol. The normalized spacial score (nSPS) is 19.1. The molecule has 15 heavy (non-hydrogen) atoms. The first-order chi connectivity index (χ1) is 6.66. The van der Waals surface area contributed by atoms with Crippen LogP contribution in [0.3, 0.4) is 0 Å². The summed E-state index contributed by atoms with van der Waals surface area (Å²) in [6.07, 6.45) is -0.369. The van der Waals surface area contributed by atoms with E-state index in [-0.39, 0.29) is 24.5 Å². The molecule has 1 aliphatic heterocycles. The van der Waals surface area contributed by atoms with E-state index < -0.39 is 0 Å². The second-order valence-electron chi connectivity index (χ2n) is 3.30. The number of amides is 1. The van der Waals surface area contributed by atoms with Gasteiger partial charge in [0, 0.05) is 5.02 Å². The molecule has 82 valence electrons. The molecule has 1 saturated heterocycles. The molecule has 1 amide bonds. The van der Waals surface area contributed by atoms with Crippen LogP contribution in [0.1, 0.15) is 17.2 Å². The molecule has 0 aromatic heterocycles. The number of carbonyl (C=O) groups excluding carboxylic acids is 1. The first-order valence-electron chi connectivity index (χ1n) is 4.36. The molecular weight excluding hydrogens is 237 g/mol. The summed E-state index contributed by atoms with van der Waals surface area (Å²) in [6.45, 7) is 2.31. The van der Waals surface area contributed by atoms with Crippen LogP contribution in [-0.4, -0.2) is 12.7 Å². The van der Waals surface area contributed by atoms with Gasteiger partial charge in [-0.15, -0.1) is 12.4 Å². The highest BCUT2D eigenvalue weighted by molar-refractivity contribution is 6.31. The van der Waals surface area contributed by atoms with E-state index in [1.165, 1.54) is 0 Å². The summed E-state index contributed by atoms with van der Waals surface area (Å²) in [5.74, 6) is 0. The van der Waals surface area contributed by atoms with Crippen molar-refractivity contribution < 1.29 is 9.53 Å². The molecule has 3 nitrogen and oxygen atoms in total. The van der Waals surface area contributed by atoms with Crippen LogP contribution in [-0.2, 0) is 4.74 Å². The Labute approximate surface area is 99.2 Å². The molecule has 0 aliphatic carbocycles. The van der Waals surface area contributed by atoms with Gasteiger partial charge in [0.25, 0.3) is 0 Å². The van der Waals surface area contributed by atoms with Crippen LogP contribution in [0, 0.1) is 6.92 Å². The molecule has 0 bridgehead atoms.